The SMILES string of the molecule is CN(C)C=Cc1c(C#N)c(=O)ncn1C. The molecule has 5 nitrogen and oxygen atoms in total. The van der Waals surface area contributed by atoms with Gasteiger partial charge in [-0.1, -0.05) is 0 Å². The molecule has 1 rings (SSSR count). The average molecular weight is 204 g/mol. The van der Waals surface area contributed by atoms with Gasteiger partial charge in [-0.2, -0.15) is 10.2 Å². The fourth-order valence-corrected chi connectivity index (χ4v) is 1.08. The molecule has 0 aliphatic rings. The lowest BCUT2D eigenvalue weighted by Crippen LogP contribution is -2.17. The summed E-state index contributed by atoms with van der Waals surface area (Å²) in [5, 5.41) is 8.84. The molecular formula is C10H12N4O. The van der Waals surface area contributed by atoms with E-state index < -0.39 is 5.56 Å². The molecule has 0 N–H and O–H groups in total. The van der Waals surface area contributed by atoms with Gasteiger partial charge in [0.15, 0.2) is 0 Å². The van der Waals surface area contributed by atoms with E-state index in [2.05, 4.69) is 4.98 Å². The molecule has 0 spiro atoms. The molecule has 0 fully saturated rings. The van der Waals surface area contributed by atoms with Gasteiger partial charge in [0.05, 0.1) is 12.0 Å². The van der Waals surface area contributed by atoms with E-state index in [9.17, 15) is 4.79 Å². The molecule has 0 amide bonds. The summed E-state index contributed by atoms with van der Waals surface area (Å²) in [5.41, 5.74) is 0.137. The van der Waals surface area contributed by atoms with E-state index in [4.69, 9.17) is 5.26 Å². The first-order valence-electron chi connectivity index (χ1n) is 4.36. The van der Waals surface area contributed by atoms with Crippen molar-refractivity contribution >= 4 is 6.08 Å². The number of nitrogens with zero attached hydrogens (tertiary/aromatic N) is 4. The van der Waals surface area contributed by atoms with Crippen LogP contribution in [0.3, 0.4) is 0 Å². The highest BCUT2D eigenvalue weighted by atomic mass is 16.1. The van der Waals surface area contributed by atoms with E-state index in [0.717, 1.165) is 0 Å². The van der Waals surface area contributed by atoms with Gasteiger partial charge in [0.1, 0.15) is 11.6 Å². The highest BCUT2D eigenvalue weighted by molar-refractivity contribution is 5.53. The highest BCUT2D eigenvalue weighted by Crippen LogP contribution is 2.03. The second kappa shape index (κ2) is 4.42. The van der Waals surface area contributed by atoms with Crippen molar-refractivity contribution in [3.63, 3.8) is 0 Å². The molecule has 0 bridgehead atoms. The van der Waals surface area contributed by atoms with Crippen LogP contribution in [0.25, 0.3) is 6.08 Å². The summed E-state index contributed by atoms with van der Waals surface area (Å²) in [6.45, 7) is 0. The molecule has 0 saturated carbocycles. The molecule has 1 aromatic rings. The Bertz CT molecular complexity index is 479. The molecule has 1 heterocycles. The fraction of sp³-hybridized carbons (Fsp3) is 0.300. The van der Waals surface area contributed by atoms with E-state index in [0.29, 0.717) is 5.69 Å². The lowest BCUT2D eigenvalue weighted by Gasteiger charge is -2.07. The van der Waals surface area contributed by atoms with Crippen LogP contribution in [0, 0.1) is 11.3 Å². The van der Waals surface area contributed by atoms with Crippen molar-refractivity contribution in [3.05, 3.63) is 34.1 Å². The van der Waals surface area contributed by atoms with Crippen molar-refractivity contribution in [1.29, 1.82) is 5.26 Å². The summed E-state index contributed by atoms with van der Waals surface area (Å²) in [4.78, 5) is 16.7. The third-order valence-corrected chi connectivity index (χ3v) is 1.84. The van der Waals surface area contributed by atoms with Crippen LogP contribution < -0.4 is 5.56 Å². The molecule has 5 heteroatoms. The molecule has 15 heavy (non-hydrogen) atoms. The zero-order chi connectivity index (χ0) is 11.4. The number of rotatable bonds is 2. The molecule has 0 unspecified atom stereocenters. The lowest BCUT2D eigenvalue weighted by atomic mass is 10.2. The van der Waals surface area contributed by atoms with Gasteiger partial charge in [0, 0.05) is 27.3 Å². The first-order valence-corrected chi connectivity index (χ1v) is 4.36. The molecule has 0 saturated heterocycles. The molecule has 78 valence electrons. The van der Waals surface area contributed by atoms with Crippen molar-refractivity contribution in [3.8, 4) is 6.07 Å². The Morgan fingerprint density at radius 3 is 2.80 bits per heavy atom. The Balaban J connectivity index is 3.34. The monoisotopic (exact) mass is 204 g/mol. The third kappa shape index (κ3) is 2.44. The van der Waals surface area contributed by atoms with Crippen LogP contribution in [0.1, 0.15) is 11.3 Å². The Morgan fingerprint density at radius 1 is 1.60 bits per heavy atom. The van der Waals surface area contributed by atoms with Crippen LogP contribution in [0.2, 0.25) is 0 Å². The van der Waals surface area contributed by atoms with Crippen LogP contribution in [0.4, 0.5) is 0 Å². The van der Waals surface area contributed by atoms with Gasteiger partial charge in [-0.25, -0.2) is 0 Å². The molecular weight excluding hydrogens is 192 g/mol. The standard InChI is InChI=1S/C10H12N4O/c1-13(2)5-4-9-8(6-11)10(15)12-7-14(9)3/h4-5,7H,1-3H3. The summed E-state index contributed by atoms with van der Waals surface area (Å²) < 4.78 is 1.64. The fourth-order valence-electron chi connectivity index (χ4n) is 1.08. The van der Waals surface area contributed by atoms with Gasteiger partial charge in [-0.15, -0.1) is 0 Å². The predicted molar refractivity (Wildman–Crippen MR) is 56.9 cm³/mol. The first kappa shape index (κ1) is 11.0. The summed E-state index contributed by atoms with van der Waals surface area (Å²) in [6, 6.07) is 1.86. The van der Waals surface area contributed by atoms with Gasteiger partial charge in [0.2, 0.25) is 0 Å². The quantitative estimate of drug-likeness (QED) is 0.689. The van der Waals surface area contributed by atoms with Crippen LogP contribution in [0.5, 0.6) is 0 Å². The van der Waals surface area contributed by atoms with E-state index in [1.807, 2.05) is 25.1 Å². The smallest absolute Gasteiger partial charge is 0.291 e. The van der Waals surface area contributed by atoms with E-state index in [-0.39, 0.29) is 5.56 Å². The van der Waals surface area contributed by atoms with Crippen molar-refractivity contribution < 1.29 is 0 Å². The zero-order valence-corrected chi connectivity index (χ0v) is 8.93. The second-order valence-electron chi connectivity index (χ2n) is 3.31. The van der Waals surface area contributed by atoms with E-state index in [1.165, 1.54) is 6.33 Å². The predicted octanol–water partition coefficient (Wildman–Crippen LogP) is 0.184. The van der Waals surface area contributed by atoms with Crippen LogP contribution >= 0.6 is 0 Å². The third-order valence-electron chi connectivity index (χ3n) is 1.84. The summed E-state index contributed by atoms with van der Waals surface area (Å²) >= 11 is 0. The number of hydrogen-bond donors (Lipinski definition) is 0. The first-order chi connectivity index (χ1) is 7.06. The lowest BCUT2D eigenvalue weighted by molar-refractivity contribution is 0.567. The average Bonchev–Trinajstić information content (AvgIpc) is 2.19. The minimum atomic E-state index is -0.492. The summed E-state index contributed by atoms with van der Waals surface area (Å²) in [6.07, 6.45) is 4.88. The van der Waals surface area contributed by atoms with Gasteiger partial charge in [0.25, 0.3) is 5.56 Å². The zero-order valence-electron chi connectivity index (χ0n) is 8.93. The number of hydrogen-bond acceptors (Lipinski definition) is 4. The largest absolute Gasteiger partial charge is 0.383 e. The molecule has 0 radical (unpaired) electrons. The Hall–Kier alpha value is -2.09. The Kier molecular flexibility index (Phi) is 3.24. The highest BCUT2D eigenvalue weighted by Gasteiger charge is 2.06. The van der Waals surface area contributed by atoms with Crippen molar-refractivity contribution in [2.24, 2.45) is 7.05 Å². The van der Waals surface area contributed by atoms with E-state index >= 15 is 0 Å². The number of aromatic nitrogens is 2. The van der Waals surface area contributed by atoms with Crippen molar-refractivity contribution in [2.75, 3.05) is 14.1 Å². The minimum Gasteiger partial charge on any atom is -0.383 e. The van der Waals surface area contributed by atoms with Crippen LogP contribution in [-0.2, 0) is 7.05 Å². The van der Waals surface area contributed by atoms with Gasteiger partial charge < -0.3 is 9.47 Å². The molecule has 0 atom stereocenters. The molecule has 0 aliphatic heterocycles. The van der Waals surface area contributed by atoms with Crippen molar-refractivity contribution in [2.45, 2.75) is 0 Å². The maximum Gasteiger partial charge on any atom is 0.291 e. The van der Waals surface area contributed by atoms with Crippen molar-refractivity contribution in [1.82, 2.24) is 14.5 Å². The Labute approximate surface area is 87.9 Å². The van der Waals surface area contributed by atoms with Gasteiger partial charge in [-0.05, 0) is 6.08 Å². The topological polar surface area (TPSA) is 61.9 Å². The van der Waals surface area contributed by atoms with E-state index in [1.54, 1.807) is 23.9 Å². The maximum absolute atomic E-state index is 11.3. The van der Waals surface area contributed by atoms with Gasteiger partial charge >= 0.3 is 0 Å². The molecule has 1 aromatic heterocycles. The number of aryl methyl sites for hydroxylation is 1. The Morgan fingerprint density at radius 2 is 2.27 bits per heavy atom. The summed E-state index contributed by atoms with van der Waals surface area (Å²) in [7, 11) is 5.46. The van der Waals surface area contributed by atoms with Gasteiger partial charge in [-0.3, -0.25) is 4.79 Å². The summed E-state index contributed by atoms with van der Waals surface area (Å²) in [5.74, 6) is 0. The second-order valence-corrected chi connectivity index (χ2v) is 3.31. The molecule has 0 aliphatic carbocycles. The maximum atomic E-state index is 11.3. The number of nitriles is 1. The van der Waals surface area contributed by atoms with Crippen LogP contribution in [-0.4, -0.2) is 28.5 Å². The minimum absolute atomic E-state index is 0.0677. The normalized spacial score (nSPS) is 10.3. The van der Waals surface area contributed by atoms with Crippen LogP contribution in [0.15, 0.2) is 17.3 Å². The molecule has 0 aromatic carbocycles.